The summed E-state index contributed by atoms with van der Waals surface area (Å²) in [4.78, 5) is 35.0. The lowest BCUT2D eigenvalue weighted by Crippen LogP contribution is -2.47. The van der Waals surface area contributed by atoms with E-state index in [4.69, 9.17) is 0 Å². The van der Waals surface area contributed by atoms with Crippen molar-refractivity contribution in [3.63, 3.8) is 0 Å². The lowest BCUT2D eigenvalue weighted by molar-refractivity contribution is -0.141. The van der Waals surface area contributed by atoms with Crippen LogP contribution in [0.1, 0.15) is 41.6 Å². The van der Waals surface area contributed by atoms with Gasteiger partial charge in [-0.05, 0) is 37.0 Å². The van der Waals surface area contributed by atoms with Gasteiger partial charge in [0.1, 0.15) is 11.8 Å². The molecular formula is C16H16F3NO4. The van der Waals surface area contributed by atoms with Gasteiger partial charge in [-0.1, -0.05) is 6.07 Å². The number of rotatable bonds is 4. The summed E-state index contributed by atoms with van der Waals surface area (Å²) < 4.78 is 38.1. The maximum Gasteiger partial charge on any atom is 0.416 e. The third-order valence-electron chi connectivity index (χ3n) is 4.00. The number of carbonyl (C=O) groups is 3. The first-order chi connectivity index (χ1) is 11.2. The number of halogens is 3. The minimum absolute atomic E-state index is 0.0415. The van der Waals surface area contributed by atoms with Crippen LogP contribution in [0.5, 0.6) is 0 Å². The minimum Gasteiger partial charge on any atom is -0.480 e. The fraction of sp³-hybridized carbons (Fsp3) is 0.438. The van der Waals surface area contributed by atoms with Crippen LogP contribution in [-0.2, 0) is 15.8 Å². The summed E-state index contributed by atoms with van der Waals surface area (Å²) in [5.74, 6) is -2.86. The van der Waals surface area contributed by atoms with Gasteiger partial charge in [-0.15, -0.1) is 0 Å². The fourth-order valence-corrected chi connectivity index (χ4v) is 2.79. The van der Waals surface area contributed by atoms with E-state index in [1.165, 1.54) is 6.07 Å². The van der Waals surface area contributed by atoms with E-state index in [1.807, 2.05) is 0 Å². The Morgan fingerprint density at radius 1 is 1.29 bits per heavy atom. The van der Waals surface area contributed by atoms with Gasteiger partial charge in [-0.3, -0.25) is 9.59 Å². The van der Waals surface area contributed by atoms with Crippen molar-refractivity contribution in [3.8, 4) is 0 Å². The average Bonchev–Trinajstić information content (AvgIpc) is 2.51. The molecule has 2 atom stereocenters. The summed E-state index contributed by atoms with van der Waals surface area (Å²) in [7, 11) is 0. The molecule has 0 aliphatic heterocycles. The van der Waals surface area contributed by atoms with E-state index in [0.717, 1.165) is 12.1 Å². The number of carbonyl (C=O) groups excluding carboxylic acids is 2. The molecule has 5 nitrogen and oxygen atoms in total. The second-order valence-corrected chi connectivity index (χ2v) is 5.76. The average molecular weight is 343 g/mol. The quantitative estimate of drug-likeness (QED) is 0.880. The first kappa shape index (κ1) is 18.0. The Morgan fingerprint density at radius 3 is 2.58 bits per heavy atom. The summed E-state index contributed by atoms with van der Waals surface area (Å²) in [6, 6.07) is 2.44. The van der Waals surface area contributed by atoms with Crippen LogP contribution in [-0.4, -0.2) is 28.8 Å². The maximum absolute atomic E-state index is 12.7. The highest BCUT2D eigenvalue weighted by Gasteiger charge is 2.34. The first-order valence-electron chi connectivity index (χ1n) is 7.41. The molecule has 0 bridgehead atoms. The summed E-state index contributed by atoms with van der Waals surface area (Å²) in [5.41, 5.74) is -1.27. The fourth-order valence-electron chi connectivity index (χ4n) is 2.79. The molecule has 0 saturated heterocycles. The van der Waals surface area contributed by atoms with Crippen molar-refractivity contribution in [2.45, 2.75) is 37.9 Å². The molecule has 130 valence electrons. The number of alkyl halides is 3. The Morgan fingerprint density at radius 2 is 2.00 bits per heavy atom. The van der Waals surface area contributed by atoms with E-state index in [1.54, 1.807) is 0 Å². The molecule has 0 radical (unpaired) electrons. The molecule has 1 aromatic carbocycles. The second kappa shape index (κ2) is 7.02. The van der Waals surface area contributed by atoms with Crippen LogP contribution in [0.25, 0.3) is 0 Å². The molecule has 1 aromatic rings. The standard InChI is InChI=1S/C16H16F3NO4/c17-16(18,19)11-5-1-4-10(7-11)14(22)20-13(15(23)24)9-3-2-6-12(21)8-9/h1,4-5,7,9,13H,2-3,6,8H2,(H,20,22)(H,23,24)/t9-,13+/m1/s1. The largest absolute Gasteiger partial charge is 0.480 e. The van der Waals surface area contributed by atoms with E-state index in [2.05, 4.69) is 5.32 Å². The van der Waals surface area contributed by atoms with Crippen molar-refractivity contribution >= 4 is 17.7 Å². The third-order valence-corrected chi connectivity index (χ3v) is 4.00. The lowest BCUT2D eigenvalue weighted by Gasteiger charge is -2.27. The highest BCUT2D eigenvalue weighted by atomic mass is 19.4. The molecule has 1 saturated carbocycles. The number of aliphatic carboxylic acids is 1. The normalized spacial score (nSPS) is 19.6. The zero-order valence-corrected chi connectivity index (χ0v) is 12.6. The van der Waals surface area contributed by atoms with E-state index >= 15 is 0 Å². The SMILES string of the molecule is O=C1CCC[C@@H]([C@H](NC(=O)c2cccc(C(F)(F)F)c2)C(=O)O)C1. The molecule has 1 aliphatic rings. The zero-order chi connectivity index (χ0) is 17.9. The van der Waals surface area contributed by atoms with Crippen molar-refractivity contribution in [1.29, 1.82) is 0 Å². The second-order valence-electron chi connectivity index (χ2n) is 5.76. The minimum atomic E-state index is -4.60. The number of nitrogens with one attached hydrogen (secondary N) is 1. The Hall–Kier alpha value is -2.38. The van der Waals surface area contributed by atoms with Crippen LogP contribution in [0.4, 0.5) is 13.2 Å². The van der Waals surface area contributed by atoms with Gasteiger partial charge in [-0.2, -0.15) is 13.2 Å². The highest BCUT2D eigenvalue weighted by Crippen LogP contribution is 2.30. The van der Waals surface area contributed by atoms with Gasteiger partial charge in [0.2, 0.25) is 0 Å². The molecule has 2 N–H and O–H groups in total. The number of amides is 1. The first-order valence-corrected chi connectivity index (χ1v) is 7.41. The molecule has 1 aliphatic carbocycles. The van der Waals surface area contributed by atoms with Gasteiger partial charge in [-0.25, -0.2) is 4.79 Å². The molecule has 1 fully saturated rings. The number of hydrogen-bond acceptors (Lipinski definition) is 3. The van der Waals surface area contributed by atoms with E-state index in [0.29, 0.717) is 25.3 Å². The summed E-state index contributed by atoms with van der Waals surface area (Å²) in [6.07, 6.45) is -3.18. The third kappa shape index (κ3) is 4.33. The van der Waals surface area contributed by atoms with Crippen LogP contribution < -0.4 is 5.32 Å². The van der Waals surface area contributed by atoms with Gasteiger partial charge in [0.25, 0.3) is 5.91 Å². The molecule has 24 heavy (non-hydrogen) atoms. The van der Waals surface area contributed by atoms with E-state index < -0.39 is 35.6 Å². The predicted molar refractivity (Wildman–Crippen MR) is 77.3 cm³/mol. The molecule has 0 unspecified atom stereocenters. The van der Waals surface area contributed by atoms with Crippen molar-refractivity contribution < 1.29 is 32.7 Å². The van der Waals surface area contributed by atoms with Gasteiger partial charge < -0.3 is 10.4 Å². The van der Waals surface area contributed by atoms with Crippen LogP contribution in [0.3, 0.4) is 0 Å². The number of benzene rings is 1. The Kier molecular flexibility index (Phi) is 5.26. The molecule has 1 amide bonds. The van der Waals surface area contributed by atoms with Crippen LogP contribution in [0, 0.1) is 5.92 Å². The monoisotopic (exact) mass is 343 g/mol. The summed E-state index contributed by atoms with van der Waals surface area (Å²) >= 11 is 0. The van der Waals surface area contributed by atoms with E-state index in [-0.39, 0.29) is 17.8 Å². The van der Waals surface area contributed by atoms with Crippen LogP contribution >= 0.6 is 0 Å². The van der Waals surface area contributed by atoms with Crippen molar-refractivity contribution in [2.24, 2.45) is 5.92 Å². The number of carboxylic acids is 1. The zero-order valence-electron chi connectivity index (χ0n) is 12.6. The van der Waals surface area contributed by atoms with Gasteiger partial charge >= 0.3 is 12.1 Å². The Balaban J connectivity index is 2.16. The predicted octanol–water partition coefficient (Wildman–Crippen LogP) is 2.65. The highest BCUT2D eigenvalue weighted by molar-refractivity contribution is 5.97. The summed E-state index contributed by atoms with van der Waals surface area (Å²) in [6.45, 7) is 0. The van der Waals surface area contributed by atoms with E-state index in [9.17, 15) is 32.7 Å². The van der Waals surface area contributed by atoms with Crippen molar-refractivity contribution in [2.75, 3.05) is 0 Å². The Labute approximate surface area is 135 Å². The maximum atomic E-state index is 12.7. The molecule has 0 spiro atoms. The van der Waals surface area contributed by atoms with Crippen LogP contribution in [0.15, 0.2) is 24.3 Å². The molecular weight excluding hydrogens is 327 g/mol. The van der Waals surface area contributed by atoms with Gasteiger partial charge in [0.05, 0.1) is 5.56 Å². The number of Topliss-reactive ketones (excluding diaryl/α,β-unsaturated/α-hetero) is 1. The topological polar surface area (TPSA) is 83.5 Å². The number of ketones is 1. The van der Waals surface area contributed by atoms with Gasteiger partial charge in [0, 0.05) is 18.4 Å². The molecule has 8 heteroatoms. The molecule has 2 rings (SSSR count). The summed E-state index contributed by atoms with van der Waals surface area (Å²) in [5, 5.41) is 11.5. The molecule has 0 heterocycles. The smallest absolute Gasteiger partial charge is 0.416 e. The van der Waals surface area contributed by atoms with Crippen molar-refractivity contribution in [1.82, 2.24) is 5.32 Å². The molecule has 0 aromatic heterocycles. The Bertz CT molecular complexity index is 657. The van der Waals surface area contributed by atoms with Gasteiger partial charge in [0.15, 0.2) is 0 Å². The number of carboxylic acid groups (broad SMARTS) is 1. The van der Waals surface area contributed by atoms with Crippen molar-refractivity contribution in [3.05, 3.63) is 35.4 Å². The van der Waals surface area contributed by atoms with Crippen LogP contribution in [0.2, 0.25) is 0 Å². The lowest BCUT2D eigenvalue weighted by atomic mass is 9.83. The number of hydrogen-bond donors (Lipinski definition) is 2.